The van der Waals surface area contributed by atoms with Crippen molar-refractivity contribution in [3.63, 3.8) is 0 Å². The van der Waals surface area contributed by atoms with Crippen molar-refractivity contribution >= 4 is 0 Å². The molecule has 1 heterocycles. The van der Waals surface area contributed by atoms with Crippen molar-refractivity contribution in [1.82, 2.24) is 5.32 Å². The lowest BCUT2D eigenvalue weighted by molar-refractivity contribution is 0.393. The first-order valence-corrected chi connectivity index (χ1v) is 7.56. The molecule has 1 aromatic rings. The minimum atomic E-state index is 0.692. The van der Waals surface area contributed by atoms with E-state index in [0.29, 0.717) is 6.04 Å². The van der Waals surface area contributed by atoms with Gasteiger partial charge in [0.1, 0.15) is 11.5 Å². The number of hydrogen-bond acceptors (Lipinski definition) is 2. The van der Waals surface area contributed by atoms with Crippen LogP contribution in [-0.4, -0.2) is 6.04 Å². The van der Waals surface area contributed by atoms with Crippen LogP contribution in [0.2, 0.25) is 0 Å². The lowest BCUT2D eigenvalue weighted by atomic mass is 9.95. The molecule has 0 saturated heterocycles. The van der Waals surface area contributed by atoms with E-state index in [0.717, 1.165) is 24.0 Å². The van der Waals surface area contributed by atoms with E-state index >= 15 is 0 Å². The van der Waals surface area contributed by atoms with Gasteiger partial charge in [0.2, 0.25) is 0 Å². The first kappa shape index (κ1) is 13.7. The fourth-order valence-corrected chi connectivity index (χ4v) is 3.10. The van der Waals surface area contributed by atoms with Gasteiger partial charge in [-0.05, 0) is 44.2 Å². The second-order valence-corrected chi connectivity index (χ2v) is 5.75. The zero-order chi connectivity index (χ0) is 12.8. The van der Waals surface area contributed by atoms with E-state index in [9.17, 15) is 0 Å². The minimum absolute atomic E-state index is 0.692. The molecule has 0 radical (unpaired) electrons. The Labute approximate surface area is 111 Å². The lowest BCUT2D eigenvalue weighted by Crippen LogP contribution is -2.27. The van der Waals surface area contributed by atoms with Gasteiger partial charge in [0, 0.05) is 6.04 Å². The maximum atomic E-state index is 5.60. The number of furan rings is 1. The van der Waals surface area contributed by atoms with Crippen LogP contribution >= 0.6 is 0 Å². The average molecular weight is 249 g/mol. The lowest BCUT2D eigenvalue weighted by Gasteiger charge is -2.16. The molecule has 0 amide bonds. The predicted octanol–water partition coefficient (Wildman–Crippen LogP) is 4.43. The molecule has 0 aliphatic heterocycles. The fourth-order valence-electron chi connectivity index (χ4n) is 3.10. The molecule has 2 atom stereocenters. The number of nitrogens with one attached hydrogen (secondary N) is 1. The maximum absolute atomic E-state index is 5.60. The molecule has 2 unspecified atom stereocenters. The molecule has 1 N–H and O–H groups in total. The van der Waals surface area contributed by atoms with Crippen LogP contribution in [0.1, 0.15) is 63.4 Å². The van der Waals surface area contributed by atoms with Crippen molar-refractivity contribution in [1.29, 1.82) is 0 Å². The zero-order valence-electron chi connectivity index (χ0n) is 11.9. The summed E-state index contributed by atoms with van der Waals surface area (Å²) < 4.78 is 5.60. The third-order valence-corrected chi connectivity index (χ3v) is 4.15. The second kappa shape index (κ2) is 6.98. The highest BCUT2D eigenvalue weighted by Crippen LogP contribution is 2.26. The summed E-state index contributed by atoms with van der Waals surface area (Å²) in [6.45, 7) is 5.20. The molecule has 1 aliphatic carbocycles. The van der Waals surface area contributed by atoms with E-state index < -0.39 is 0 Å². The molecule has 2 rings (SSSR count). The zero-order valence-corrected chi connectivity index (χ0v) is 11.9. The van der Waals surface area contributed by atoms with Gasteiger partial charge in [-0.25, -0.2) is 0 Å². The first-order valence-electron chi connectivity index (χ1n) is 7.56. The molecule has 1 fully saturated rings. The molecule has 2 heteroatoms. The summed E-state index contributed by atoms with van der Waals surface area (Å²) in [5, 5.41) is 3.66. The molecule has 1 aliphatic rings. The fraction of sp³-hybridized carbons (Fsp3) is 0.750. The van der Waals surface area contributed by atoms with Crippen molar-refractivity contribution in [2.45, 2.75) is 71.4 Å². The maximum Gasteiger partial charge on any atom is 0.117 e. The van der Waals surface area contributed by atoms with Crippen molar-refractivity contribution in [3.8, 4) is 0 Å². The van der Waals surface area contributed by atoms with E-state index in [1.165, 1.54) is 44.9 Å². The Morgan fingerprint density at radius 1 is 1.22 bits per heavy atom. The first-order chi connectivity index (χ1) is 8.78. The van der Waals surface area contributed by atoms with Crippen LogP contribution in [0.3, 0.4) is 0 Å². The van der Waals surface area contributed by atoms with Gasteiger partial charge in [0.05, 0.1) is 6.54 Å². The van der Waals surface area contributed by atoms with E-state index in [1.54, 1.807) is 0 Å². The largest absolute Gasteiger partial charge is 0.465 e. The molecule has 1 aromatic heterocycles. The monoisotopic (exact) mass is 249 g/mol. The molecule has 0 bridgehead atoms. The van der Waals surface area contributed by atoms with E-state index in [4.69, 9.17) is 4.42 Å². The number of aryl methyl sites for hydroxylation is 1. The van der Waals surface area contributed by atoms with Gasteiger partial charge >= 0.3 is 0 Å². The van der Waals surface area contributed by atoms with E-state index in [1.807, 2.05) is 13.0 Å². The highest BCUT2D eigenvalue weighted by molar-refractivity contribution is 5.05. The second-order valence-electron chi connectivity index (χ2n) is 5.75. The van der Waals surface area contributed by atoms with Crippen LogP contribution in [0.25, 0.3) is 0 Å². The summed E-state index contributed by atoms with van der Waals surface area (Å²) in [6.07, 6.45) is 9.66. The van der Waals surface area contributed by atoms with Crippen molar-refractivity contribution in [2.24, 2.45) is 5.92 Å². The molecular formula is C16H27NO. The Morgan fingerprint density at radius 2 is 2.11 bits per heavy atom. The van der Waals surface area contributed by atoms with Gasteiger partial charge < -0.3 is 9.73 Å². The average Bonchev–Trinajstić information content (AvgIpc) is 2.64. The number of rotatable bonds is 5. The smallest absolute Gasteiger partial charge is 0.117 e. The molecule has 2 nitrogen and oxygen atoms in total. The van der Waals surface area contributed by atoms with Gasteiger partial charge in [-0.3, -0.25) is 0 Å². The quantitative estimate of drug-likeness (QED) is 0.781. The Balaban J connectivity index is 1.73. The normalized spacial score (nSPS) is 25.0. The van der Waals surface area contributed by atoms with Crippen LogP contribution < -0.4 is 5.32 Å². The minimum Gasteiger partial charge on any atom is -0.465 e. The molecule has 1 saturated carbocycles. The van der Waals surface area contributed by atoms with Gasteiger partial charge in [-0.15, -0.1) is 0 Å². The molecule has 102 valence electrons. The van der Waals surface area contributed by atoms with Gasteiger partial charge in [0.15, 0.2) is 0 Å². The van der Waals surface area contributed by atoms with Crippen LogP contribution in [0.4, 0.5) is 0 Å². The third kappa shape index (κ3) is 4.16. The Bertz CT molecular complexity index is 345. The van der Waals surface area contributed by atoms with Gasteiger partial charge in [-0.1, -0.05) is 32.6 Å². The van der Waals surface area contributed by atoms with Crippen LogP contribution in [-0.2, 0) is 6.54 Å². The number of hydrogen-bond donors (Lipinski definition) is 1. The third-order valence-electron chi connectivity index (χ3n) is 4.15. The Hall–Kier alpha value is -0.760. The molecule has 0 spiro atoms. The van der Waals surface area contributed by atoms with Crippen LogP contribution in [0, 0.1) is 12.8 Å². The standard InChI is InChI=1S/C16H27NO/c1-3-5-14-6-4-7-15(10-9-14)17-12-16-11-8-13(2)18-16/h8,11,14-15,17H,3-7,9-10,12H2,1-2H3. The highest BCUT2D eigenvalue weighted by Gasteiger charge is 2.18. The van der Waals surface area contributed by atoms with E-state index in [-0.39, 0.29) is 0 Å². The SMILES string of the molecule is CCCC1CCCC(NCc2ccc(C)o2)CC1. The Morgan fingerprint density at radius 3 is 2.83 bits per heavy atom. The topological polar surface area (TPSA) is 25.2 Å². The molecular weight excluding hydrogens is 222 g/mol. The van der Waals surface area contributed by atoms with E-state index in [2.05, 4.69) is 18.3 Å². The van der Waals surface area contributed by atoms with Crippen molar-refractivity contribution in [3.05, 3.63) is 23.7 Å². The van der Waals surface area contributed by atoms with Crippen molar-refractivity contribution in [2.75, 3.05) is 0 Å². The van der Waals surface area contributed by atoms with Crippen LogP contribution in [0.5, 0.6) is 0 Å². The molecule has 0 aromatic carbocycles. The Kier molecular flexibility index (Phi) is 5.30. The summed E-state index contributed by atoms with van der Waals surface area (Å²) >= 11 is 0. The highest BCUT2D eigenvalue weighted by atomic mass is 16.3. The van der Waals surface area contributed by atoms with Gasteiger partial charge in [0.25, 0.3) is 0 Å². The summed E-state index contributed by atoms with van der Waals surface area (Å²) in [7, 11) is 0. The summed E-state index contributed by atoms with van der Waals surface area (Å²) in [5.74, 6) is 3.06. The summed E-state index contributed by atoms with van der Waals surface area (Å²) in [4.78, 5) is 0. The molecule has 18 heavy (non-hydrogen) atoms. The van der Waals surface area contributed by atoms with Gasteiger partial charge in [-0.2, -0.15) is 0 Å². The van der Waals surface area contributed by atoms with Crippen LogP contribution in [0.15, 0.2) is 16.5 Å². The predicted molar refractivity (Wildman–Crippen MR) is 75.6 cm³/mol. The summed E-state index contributed by atoms with van der Waals surface area (Å²) in [6, 6.07) is 4.82. The van der Waals surface area contributed by atoms with Crippen molar-refractivity contribution < 1.29 is 4.42 Å². The summed E-state index contributed by atoms with van der Waals surface area (Å²) in [5.41, 5.74) is 0.